The zero-order valence-electron chi connectivity index (χ0n) is 10.8. The smallest absolute Gasteiger partial charge is 0.344 e. The van der Waals surface area contributed by atoms with Crippen LogP contribution in [0, 0.1) is 6.92 Å². The fraction of sp³-hybridized carbons (Fsp3) is 0.429. The molecule has 0 aliphatic rings. The summed E-state index contributed by atoms with van der Waals surface area (Å²) in [7, 11) is 0. The second-order valence-corrected chi connectivity index (χ2v) is 3.95. The Kier molecular flexibility index (Phi) is 5.91. The third-order valence-corrected chi connectivity index (χ3v) is 2.39. The van der Waals surface area contributed by atoms with Gasteiger partial charge >= 0.3 is 11.9 Å². The summed E-state index contributed by atoms with van der Waals surface area (Å²) in [6.45, 7) is 3.70. The molecule has 0 fully saturated rings. The highest BCUT2D eigenvalue weighted by atomic mass is 16.6. The Hall–Kier alpha value is -1.84. The molecule has 98 valence electrons. The maximum absolute atomic E-state index is 11.4. The van der Waals surface area contributed by atoms with Crippen molar-refractivity contribution in [1.29, 1.82) is 0 Å². The van der Waals surface area contributed by atoms with Gasteiger partial charge in [-0.25, -0.2) is 4.79 Å². The monoisotopic (exact) mass is 250 g/mol. The number of benzene rings is 1. The number of aryl methyl sites for hydroxylation is 2. The van der Waals surface area contributed by atoms with Crippen molar-refractivity contribution in [3.8, 4) is 0 Å². The molecule has 4 heteroatoms. The van der Waals surface area contributed by atoms with Crippen LogP contribution in [-0.4, -0.2) is 25.2 Å². The van der Waals surface area contributed by atoms with Crippen LogP contribution in [0.15, 0.2) is 24.3 Å². The van der Waals surface area contributed by atoms with Gasteiger partial charge in [-0.15, -0.1) is 0 Å². The minimum absolute atomic E-state index is 0.266. The van der Waals surface area contributed by atoms with E-state index in [9.17, 15) is 9.59 Å². The molecule has 0 saturated heterocycles. The Morgan fingerprint density at radius 1 is 1.06 bits per heavy atom. The van der Waals surface area contributed by atoms with Gasteiger partial charge in [0.05, 0.1) is 6.61 Å². The van der Waals surface area contributed by atoms with E-state index in [0.717, 1.165) is 5.56 Å². The highest BCUT2D eigenvalue weighted by Crippen LogP contribution is 2.06. The summed E-state index contributed by atoms with van der Waals surface area (Å²) in [4.78, 5) is 22.3. The maximum atomic E-state index is 11.4. The molecule has 0 spiro atoms. The second-order valence-electron chi connectivity index (χ2n) is 3.95. The molecule has 0 amide bonds. The minimum Gasteiger partial charge on any atom is -0.463 e. The quantitative estimate of drug-likeness (QED) is 0.725. The highest BCUT2D eigenvalue weighted by molar-refractivity contribution is 5.76. The van der Waals surface area contributed by atoms with Crippen LogP contribution in [0.5, 0.6) is 0 Å². The number of ether oxygens (including phenoxy) is 2. The molecule has 0 radical (unpaired) electrons. The molecular formula is C14H18O4. The average Bonchev–Trinajstić information content (AvgIpc) is 2.36. The van der Waals surface area contributed by atoms with Crippen LogP contribution in [0.3, 0.4) is 0 Å². The fourth-order valence-electron chi connectivity index (χ4n) is 1.42. The minimum atomic E-state index is -0.513. The number of hydrogen-bond acceptors (Lipinski definition) is 4. The van der Waals surface area contributed by atoms with E-state index < -0.39 is 5.97 Å². The van der Waals surface area contributed by atoms with E-state index in [1.165, 1.54) is 5.56 Å². The van der Waals surface area contributed by atoms with Gasteiger partial charge in [0.15, 0.2) is 6.61 Å². The van der Waals surface area contributed by atoms with Crippen molar-refractivity contribution in [2.45, 2.75) is 26.7 Å². The highest BCUT2D eigenvalue weighted by Gasteiger charge is 2.08. The van der Waals surface area contributed by atoms with Crippen LogP contribution in [0.2, 0.25) is 0 Å². The molecule has 18 heavy (non-hydrogen) atoms. The summed E-state index contributed by atoms with van der Waals surface area (Å²) in [6, 6.07) is 7.96. The van der Waals surface area contributed by atoms with Crippen molar-refractivity contribution >= 4 is 11.9 Å². The molecule has 0 aliphatic heterocycles. The summed E-state index contributed by atoms with van der Waals surface area (Å²) in [5, 5.41) is 0. The molecule has 1 aromatic rings. The van der Waals surface area contributed by atoms with Gasteiger partial charge in [-0.2, -0.15) is 0 Å². The van der Waals surface area contributed by atoms with Gasteiger partial charge < -0.3 is 9.47 Å². The Morgan fingerprint density at radius 3 is 2.33 bits per heavy atom. The van der Waals surface area contributed by atoms with Crippen LogP contribution in [0.25, 0.3) is 0 Å². The van der Waals surface area contributed by atoms with Gasteiger partial charge in [0.25, 0.3) is 0 Å². The van der Waals surface area contributed by atoms with Gasteiger partial charge in [-0.1, -0.05) is 29.8 Å². The Labute approximate surface area is 107 Å². The van der Waals surface area contributed by atoms with Crippen molar-refractivity contribution < 1.29 is 19.1 Å². The van der Waals surface area contributed by atoms with E-state index in [4.69, 9.17) is 4.74 Å². The zero-order chi connectivity index (χ0) is 13.4. The van der Waals surface area contributed by atoms with Gasteiger partial charge in [0.2, 0.25) is 0 Å². The first kappa shape index (κ1) is 14.2. The average molecular weight is 250 g/mol. The van der Waals surface area contributed by atoms with E-state index in [1.54, 1.807) is 6.92 Å². The summed E-state index contributed by atoms with van der Waals surface area (Å²) in [5.41, 5.74) is 2.26. The summed E-state index contributed by atoms with van der Waals surface area (Å²) >= 11 is 0. The third kappa shape index (κ3) is 5.48. The number of esters is 2. The molecule has 0 aromatic heterocycles. The molecule has 0 heterocycles. The van der Waals surface area contributed by atoms with Crippen molar-refractivity contribution in [3.63, 3.8) is 0 Å². The lowest BCUT2D eigenvalue weighted by Crippen LogP contribution is -2.16. The Balaban J connectivity index is 2.24. The molecule has 4 nitrogen and oxygen atoms in total. The van der Waals surface area contributed by atoms with Crippen molar-refractivity contribution in [2.75, 3.05) is 13.2 Å². The predicted octanol–water partition coefficient (Wildman–Crippen LogP) is 2.03. The Morgan fingerprint density at radius 2 is 1.72 bits per heavy atom. The first-order chi connectivity index (χ1) is 8.61. The van der Waals surface area contributed by atoms with Crippen LogP contribution in [0.4, 0.5) is 0 Å². The lowest BCUT2D eigenvalue weighted by atomic mass is 10.1. The van der Waals surface area contributed by atoms with Gasteiger partial charge in [0.1, 0.15) is 0 Å². The fourth-order valence-corrected chi connectivity index (χ4v) is 1.42. The molecule has 0 saturated carbocycles. The normalized spacial score (nSPS) is 9.89. The molecular weight excluding hydrogens is 232 g/mol. The summed E-state index contributed by atoms with van der Waals surface area (Å²) in [5.74, 6) is -0.898. The number of rotatable bonds is 6. The molecule has 0 atom stereocenters. The third-order valence-electron chi connectivity index (χ3n) is 2.39. The van der Waals surface area contributed by atoms with Crippen LogP contribution < -0.4 is 0 Å². The van der Waals surface area contributed by atoms with Crippen molar-refractivity contribution in [1.82, 2.24) is 0 Å². The van der Waals surface area contributed by atoms with E-state index >= 15 is 0 Å². The molecule has 0 bridgehead atoms. The van der Waals surface area contributed by atoms with E-state index in [1.807, 2.05) is 31.2 Å². The number of hydrogen-bond donors (Lipinski definition) is 0. The van der Waals surface area contributed by atoms with Crippen LogP contribution in [0.1, 0.15) is 24.5 Å². The van der Waals surface area contributed by atoms with Crippen molar-refractivity contribution in [3.05, 3.63) is 35.4 Å². The van der Waals surface area contributed by atoms with E-state index in [2.05, 4.69) is 4.74 Å². The first-order valence-corrected chi connectivity index (χ1v) is 5.98. The number of carbonyl (C=O) groups excluding carboxylic acids is 2. The number of carbonyl (C=O) groups is 2. The van der Waals surface area contributed by atoms with E-state index in [-0.39, 0.29) is 19.0 Å². The first-order valence-electron chi connectivity index (χ1n) is 5.98. The summed E-state index contributed by atoms with van der Waals surface area (Å²) in [6.07, 6.45) is 0.879. The topological polar surface area (TPSA) is 52.6 Å². The lowest BCUT2D eigenvalue weighted by Gasteiger charge is -2.04. The molecule has 0 aliphatic carbocycles. The SMILES string of the molecule is CCOC(=O)COC(=O)CCc1ccc(C)cc1. The van der Waals surface area contributed by atoms with Crippen LogP contribution in [-0.2, 0) is 25.5 Å². The second kappa shape index (κ2) is 7.48. The summed E-state index contributed by atoms with van der Waals surface area (Å²) < 4.78 is 9.44. The van der Waals surface area contributed by atoms with Crippen LogP contribution >= 0.6 is 0 Å². The maximum Gasteiger partial charge on any atom is 0.344 e. The largest absolute Gasteiger partial charge is 0.463 e. The van der Waals surface area contributed by atoms with E-state index in [0.29, 0.717) is 13.0 Å². The van der Waals surface area contributed by atoms with Gasteiger partial charge in [0, 0.05) is 6.42 Å². The molecule has 0 unspecified atom stereocenters. The molecule has 0 N–H and O–H groups in total. The molecule has 1 rings (SSSR count). The van der Waals surface area contributed by atoms with Gasteiger partial charge in [-0.3, -0.25) is 4.79 Å². The predicted molar refractivity (Wildman–Crippen MR) is 67.1 cm³/mol. The van der Waals surface area contributed by atoms with Gasteiger partial charge in [-0.05, 0) is 25.8 Å². The van der Waals surface area contributed by atoms with Crippen molar-refractivity contribution in [2.24, 2.45) is 0 Å². The standard InChI is InChI=1S/C14H18O4/c1-3-17-14(16)10-18-13(15)9-8-12-6-4-11(2)5-7-12/h4-7H,3,8-10H2,1-2H3. The molecule has 1 aromatic carbocycles. The lowest BCUT2D eigenvalue weighted by molar-refractivity contribution is -0.158. The zero-order valence-corrected chi connectivity index (χ0v) is 10.8. The Bertz CT molecular complexity index is 395.